The molecule has 124 valence electrons. The molecule has 0 atom stereocenters. The minimum Gasteiger partial charge on any atom is -0.434 e. The van der Waals surface area contributed by atoms with Crippen molar-refractivity contribution in [1.82, 2.24) is 0 Å². The lowest BCUT2D eigenvalue weighted by Crippen LogP contribution is -2.11. The van der Waals surface area contributed by atoms with Crippen molar-refractivity contribution in [3.63, 3.8) is 0 Å². The van der Waals surface area contributed by atoms with Crippen LogP contribution >= 0.6 is 34.8 Å². The Labute approximate surface area is 142 Å². The van der Waals surface area contributed by atoms with Gasteiger partial charge in [-0.1, -0.05) is 46.9 Å². The molecule has 0 aromatic heterocycles. The van der Waals surface area contributed by atoms with E-state index >= 15 is 0 Å². The van der Waals surface area contributed by atoms with Crippen LogP contribution in [0, 0.1) is 0 Å². The van der Waals surface area contributed by atoms with E-state index in [0.717, 1.165) is 12.1 Å². The number of halogens is 8. The van der Waals surface area contributed by atoms with Gasteiger partial charge in [0.25, 0.3) is 0 Å². The van der Waals surface area contributed by atoms with Crippen molar-refractivity contribution in [1.29, 1.82) is 0 Å². The first-order valence-corrected chi connectivity index (χ1v) is 7.04. The van der Waals surface area contributed by atoms with Gasteiger partial charge in [0.2, 0.25) is 0 Å². The van der Waals surface area contributed by atoms with Gasteiger partial charge < -0.3 is 4.74 Å². The molecule has 0 bridgehead atoms. The lowest BCUT2D eigenvalue weighted by atomic mass is 10.0. The molecule has 0 unspecified atom stereocenters. The van der Waals surface area contributed by atoms with Gasteiger partial charge in [-0.15, -0.1) is 0 Å². The van der Waals surface area contributed by atoms with E-state index < -0.39 is 24.1 Å². The molecule has 0 aliphatic carbocycles. The highest BCUT2D eigenvalue weighted by Crippen LogP contribution is 2.42. The van der Waals surface area contributed by atoms with Crippen LogP contribution in [0.5, 0.6) is 5.75 Å². The van der Waals surface area contributed by atoms with Gasteiger partial charge in [0.05, 0.1) is 20.6 Å². The smallest absolute Gasteiger partial charge is 0.419 e. The highest BCUT2D eigenvalue weighted by molar-refractivity contribution is 6.49. The first-order chi connectivity index (χ1) is 10.6. The van der Waals surface area contributed by atoms with Gasteiger partial charge in [-0.3, -0.25) is 0 Å². The molecule has 0 spiro atoms. The molecule has 1 nitrogen and oxygen atoms in total. The molecule has 9 heteroatoms. The van der Waals surface area contributed by atoms with E-state index in [1.807, 2.05) is 0 Å². The number of ether oxygens (including phenoxy) is 1. The van der Waals surface area contributed by atoms with Crippen molar-refractivity contribution in [2.75, 3.05) is 0 Å². The van der Waals surface area contributed by atoms with Crippen LogP contribution in [0.25, 0.3) is 11.1 Å². The van der Waals surface area contributed by atoms with Gasteiger partial charge in [-0.25, -0.2) is 0 Å². The summed E-state index contributed by atoms with van der Waals surface area (Å²) in [5.41, 5.74) is -0.969. The Hall–Kier alpha value is -1.24. The molecule has 0 aliphatic heterocycles. The van der Waals surface area contributed by atoms with E-state index in [1.54, 1.807) is 0 Å². The van der Waals surface area contributed by atoms with Crippen LogP contribution in [0.4, 0.5) is 22.0 Å². The highest BCUT2D eigenvalue weighted by atomic mass is 35.5. The summed E-state index contributed by atoms with van der Waals surface area (Å²) in [6.45, 7) is -3.41. The predicted octanol–water partition coefficient (Wildman–Crippen LogP) is 6.93. The van der Waals surface area contributed by atoms with Gasteiger partial charge in [0.15, 0.2) is 0 Å². The number of hydrogen-bond donors (Lipinski definition) is 0. The second-order valence-electron chi connectivity index (χ2n) is 4.31. The van der Waals surface area contributed by atoms with Crippen molar-refractivity contribution >= 4 is 34.8 Å². The summed E-state index contributed by atoms with van der Waals surface area (Å²) in [6, 6.07) is 5.32. The standard InChI is InChI=1S/C14H6Cl3F5O/c15-9-4-2-7(11(16)12(9)17)6-1-3-8(14(20,21)22)10(5-6)23-13(18)19/h1-5,13H. The fraction of sp³-hybridized carbons (Fsp3) is 0.143. The van der Waals surface area contributed by atoms with Crippen LogP contribution in [0.1, 0.15) is 5.56 Å². The molecule has 0 aliphatic rings. The summed E-state index contributed by atoms with van der Waals surface area (Å²) in [5.74, 6) is -1.01. The molecule has 23 heavy (non-hydrogen) atoms. The van der Waals surface area contributed by atoms with Crippen molar-refractivity contribution in [2.24, 2.45) is 0 Å². The Morgan fingerprint density at radius 3 is 2.13 bits per heavy atom. The van der Waals surface area contributed by atoms with Crippen LogP contribution < -0.4 is 4.74 Å². The van der Waals surface area contributed by atoms with Crippen LogP contribution in [0.3, 0.4) is 0 Å². The van der Waals surface area contributed by atoms with Crippen LogP contribution in [-0.2, 0) is 6.18 Å². The zero-order valence-corrected chi connectivity index (χ0v) is 13.2. The van der Waals surface area contributed by atoms with E-state index in [0.29, 0.717) is 6.07 Å². The Morgan fingerprint density at radius 1 is 0.913 bits per heavy atom. The topological polar surface area (TPSA) is 9.23 Å². The fourth-order valence-electron chi connectivity index (χ4n) is 1.87. The maximum absolute atomic E-state index is 12.8. The largest absolute Gasteiger partial charge is 0.434 e. The van der Waals surface area contributed by atoms with Gasteiger partial charge in [-0.2, -0.15) is 22.0 Å². The second-order valence-corrected chi connectivity index (χ2v) is 5.47. The Balaban J connectivity index is 2.60. The van der Waals surface area contributed by atoms with Gasteiger partial charge in [0.1, 0.15) is 5.75 Å². The molecule has 0 saturated heterocycles. The first-order valence-electron chi connectivity index (χ1n) is 5.91. The van der Waals surface area contributed by atoms with Crippen LogP contribution in [-0.4, -0.2) is 6.61 Å². The maximum Gasteiger partial charge on any atom is 0.419 e. The normalized spacial score (nSPS) is 11.9. The fourth-order valence-corrected chi connectivity index (χ4v) is 2.51. The quantitative estimate of drug-likeness (QED) is 0.407. The Bertz CT molecular complexity index is 731. The molecule has 0 saturated carbocycles. The van der Waals surface area contributed by atoms with Gasteiger partial charge in [0, 0.05) is 5.56 Å². The molecule has 0 amide bonds. The van der Waals surface area contributed by atoms with E-state index in [-0.39, 0.29) is 26.2 Å². The SMILES string of the molecule is FC(F)Oc1cc(-c2ccc(Cl)c(Cl)c2Cl)ccc1C(F)(F)F. The van der Waals surface area contributed by atoms with E-state index in [9.17, 15) is 22.0 Å². The lowest BCUT2D eigenvalue weighted by Gasteiger charge is -2.15. The number of benzene rings is 2. The molecular weight excluding hydrogens is 386 g/mol. The summed E-state index contributed by atoms with van der Waals surface area (Å²) < 4.78 is 67.2. The third-order valence-electron chi connectivity index (χ3n) is 2.85. The molecule has 0 heterocycles. The zero-order chi connectivity index (χ0) is 17.4. The van der Waals surface area contributed by atoms with E-state index in [1.165, 1.54) is 12.1 Å². The van der Waals surface area contributed by atoms with E-state index in [2.05, 4.69) is 4.74 Å². The lowest BCUT2D eigenvalue weighted by molar-refractivity contribution is -0.141. The Morgan fingerprint density at radius 2 is 1.57 bits per heavy atom. The Kier molecular flexibility index (Phi) is 5.28. The summed E-state index contributed by atoms with van der Waals surface area (Å²) in [6.07, 6.45) is -4.84. The first kappa shape index (κ1) is 18.1. The maximum atomic E-state index is 12.8. The minimum absolute atomic E-state index is 0.00191. The molecule has 0 radical (unpaired) electrons. The van der Waals surface area contributed by atoms with Gasteiger partial charge >= 0.3 is 12.8 Å². The number of alkyl halides is 5. The van der Waals surface area contributed by atoms with Crippen LogP contribution in [0.15, 0.2) is 30.3 Å². The van der Waals surface area contributed by atoms with Crippen molar-refractivity contribution in [3.8, 4) is 16.9 Å². The van der Waals surface area contributed by atoms with E-state index in [4.69, 9.17) is 34.8 Å². The van der Waals surface area contributed by atoms with Gasteiger partial charge in [-0.05, 0) is 23.8 Å². The molecule has 2 aromatic carbocycles. The molecule has 0 fully saturated rings. The average molecular weight is 392 g/mol. The summed E-state index contributed by atoms with van der Waals surface area (Å²) in [4.78, 5) is 0. The molecule has 2 rings (SSSR count). The third kappa shape index (κ3) is 4.00. The van der Waals surface area contributed by atoms with Crippen LogP contribution in [0.2, 0.25) is 15.1 Å². The molecule has 2 aromatic rings. The molecule has 0 N–H and O–H groups in total. The highest BCUT2D eigenvalue weighted by Gasteiger charge is 2.35. The average Bonchev–Trinajstić information content (AvgIpc) is 2.43. The number of rotatable bonds is 3. The summed E-state index contributed by atoms with van der Waals surface area (Å²) in [7, 11) is 0. The van der Waals surface area contributed by atoms with Crippen molar-refractivity contribution < 1.29 is 26.7 Å². The monoisotopic (exact) mass is 390 g/mol. The van der Waals surface area contributed by atoms with Crippen molar-refractivity contribution in [3.05, 3.63) is 51.0 Å². The molecular formula is C14H6Cl3F5O. The zero-order valence-electron chi connectivity index (χ0n) is 10.9. The summed E-state index contributed by atoms with van der Waals surface area (Å²) >= 11 is 17.6. The number of hydrogen-bond acceptors (Lipinski definition) is 1. The predicted molar refractivity (Wildman–Crippen MR) is 78.5 cm³/mol. The third-order valence-corrected chi connectivity index (χ3v) is 4.14. The minimum atomic E-state index is -4.84. The second kappa shape index (κ2) is 6.71. The summed E-state index contributed by atoms with van der Waals surface area (Å²) in [5, 5.41) is 0.139. The van der Waals surface area contributed by atoms with Crippen molar-refractivity contribution in [2.45, 2.75) is 12.8 Å².